The zero-order chi connectivity index (χ0) is 11.1. The lowest BCUT2D eigenvalue weighted by atomic mass is 10.2. The average molecular weight is 210 g/mol. The van der Waals surface area contributed by atoms with E-state index in [2.05, 4.69) is 34.4 Å². The fourth-order valence-electron chi connectivity index (χ4n) is 1.07. The zero-order valence-electron chi connectivity index (χ0n) is 9.20. The number of aromatic nitrogens is 2. The van der Waals surface area contributed by atoms with Gasteiger partial charge in [-0.3, -0.25) is 0 Å². The van der Waals surface area contributed by atoms with Crippen molar-refractivity contribution >= 4 is 11.6 Å². The Bertz CT molecular complexity index is 293. The topological polar surface area (TPSA) is 70.1 Å². The van der Waals surface area contributed by atoms with E-state index in [1.54, 1.807) is 0 Å². The first-order valence-corrected chi connectivity index (χ1v) is 5.19. The summed E-state index contributed by atoms with van der Waals surface area (Å²) in [6, 6.07) is 2.23. The second kappa shape index (κ2) is 6.19. The molecule has 0 aliphatic carbocycles. The monoisotopic (exact) mass is 210 g/mol. The highest BCUT2D eigenvalue weighted by molar-refractivity contribution is 5.46. The molecule has 3 N–H and O–H groups in total. The lowest BCUT2D eigenvalue weighted by molar-refractivity contribution is 0.311. The molecule has 1 aromatic rings. The number of rotatable bonds is 6. The molecule has 0 amide bonds. The SMILES string of the molecule is CCC(C)Nc1cc(NCCO)ncn1. The lowest BCUT2D eigenvalue weighted by Crippen LogP contribution is -2.15. The van der Waals surface area contributed by atoms with Gasteiger partial charge in [0.05, 0.1) is 6.61 Å². The molecular formula is C10H18N4O. The summed E-state index contributed by atoms with van der Waals surface area (Å²) in [7, 11) is 0. The van der Waals surface area contributed by atoms with Crippen LogP contribution < -0.4 is 10.6 Å². The van der Waals surface area contributed by atoms with Gasteiger partial charge in [0.15, 0.2) is 0 Å². The van der Waals surface area contributed by atoms with Gasteiger partial charge in [-0.2, -0.15) is 0 Å². The second-order valence-corrected chi connectivity index (χ2v) is 3.39. The molecule has 0 bridgehead atoms. The molecular weight excluding hydrogens is 192 g/mol. The van der Waals surface area contributed by atoms with Crippen LogP contribution in [-0.4, -0.2) is 34.3 Å². The highest BCUT2D eigenvalue weighted by atomic mass is 16.3. The maximum absolute atomic E-state index is 8.66. The summed E-state index contributed by atoms with van der Waals surface area (Å²) in [5, 5.41) is 14.9. The Labute approximate surface area is 90.0 Å². The maximum Gasteiger partial charge on any atom is 0.131 e. The highest BCUT2D eigenvalue weighted by Gasteiger charge is 2.01. The zero-order valence-corrected chi connectivity index (χ0v) is 9.20. The van der Waals surface area contributed by atoms with Crippen molar-refractivity contribution in [3.8, 4) is 0 Å². The first kappa shape index (κ1) is 11.7. The summed E-state index contributed by atoms with van der Waals surface area (Å²) < 4.78 is 0. The van der Waals surface area contributed by atoms with Crippen molar-refractivity contribution in [2.24, 2.45) is 0 Å². The van der Waals surface area contributed by atoms with E-state index >= 15 is 0 Å². The van der Waals surface area contributed by atoms with E-state index in [9.17, 15) is 0 Å². The highest BCUT2D eigenvalue weighted by Crippen LogP contribution is 2.10. The first-order chi connectivity index (χ1) is 7.26. The van der Waals surface area contributed by atoms with Crippen LogP contribution in [0.5, 0.6) is 0 Å². The number of anilines is 2. The Morgan fingerprint density at radius 3 is 2.80 bits per heavy atom. The number of nitrogens with one attached hydrogen (secondary N) is 2. The molecule has 0 spiro atoms. The van der Waals surface area contributed by atoms with Crippen LogP contribution in [-0.2, 0) is 0 Å². The third kappa shape index (κ3) is 4.12. The summed E-state index contributed by atoms with van der Waals surface area (Å²) >= 11 is 0. The Morgan fingerprint density at radius 2 is 2.13 bits per heavy atom. The van der Waals surface area contributed by atoms with Gasteiger partial charge in [0.1, 0.15) is 18.0 Å². The van der Waals surface area contributed by atoms with Gasteiger partial charge in [0.25, 0.3) is 0 Å². The van der Waals surface area contributed by atoms with Gasteiger partial charge in [-0.05, 0) is 13.3 Å². The van der Waals surface area contributed by atoms with Crippen LogP contribution in [0.4, 0.5) is 11.6 Å². The fraction of sp³-hybridized carbons (Fsp3) is 0.600. The molecule has 0 aliphatic heterocycles. The third-order valence-corrected chi connectivity index (χ3v) is 2.09. The fourth-order valence-corrected chi connectivity index (χ4v) is 1.07. The van der Waals surface area contributed by atoms with Crippen LogP contribution >= 0.6 is 0 Å². The number of aliphatic hydroxyl groups is 1. The second-order valence-electron chi connectivity index (χ2n) is 3.39. The summed E-state index contributed by atoms with van der Waals surface area (Å²) in [4.78, 5) is 8.15. The molecule has 1 atom stereocenters. The largest absolute Gasteiger partial charge is 0.395 e. The minimum Gasteiger partial charge on any atom is -0.395 e. The molecule has 0 saturated carbocycles. The van der Waals surface area contributed by atoms with Crippen molar-refractivity contribution < 1.29 is 5.11 Å². The molecule has 0 aliphatic rings. The van der Waals surface area contributed by atoms with Crippen molar-refractivity contribution in [2.45, 2.75) is 26.3 Å². The van der Waals surface area contributed by atoms with Crippen molar-refractivity contribution in [2.75, 3.05) is 23.8 Å². The molecule has 5 nitrogen and oxygen atoms in total. The molecule has 1 unspecified atom stereocenters. The van der Waals surface area contributed by atoms with Gasteiger partial charge in [-0.1, -0.05) is 6.92 Å². The third-order valence-electron chi connectivity index (χ3n) is 2.09. The molecule has 1 aromatic heterocycles. The van der Waals surface area contributed by atoms with Gasteiger partial charge < -0.3 is 15.7 Å². The Balaban J connectivity index is 2.57. The van der Waals surface area contributed by atoms with E-state index in [0.717, 1.165) is 18.1 Å². The van der Waals surface area contributed by atoms with Crippen LogP contribution in [0.2, 0.25) is 0 Å². The van der Waals surface area contributed by atoms with Crippen LogP contribution in [0, 0.1) is 0 Å². The lowest BCUT2D eigenvalue weighted by Gasteiger charge is -2.12. The van der Waals surface area contributed by atoms with Gasteiger partial charge >= 0.3 is 0 Å². The van der Waals surface area contributed by atoms with Gasteiger partial charge in [0.2, 0.25) is 0 Å². The number of aliphatic hydroxyl groups excluding tert-OH is 1. The minimum atomic E-state index is 0.0954. The normalized spacial score (nSPS) is 12.2. The van der Waals surface area contributed by atoms with Crippen LogP contribution in [0.15, 0.2) is 12.4 Å². The van der Waals surface area contributed by atoms with E-state index in [1.807, 2.05) is 6.07 Å². The molecule has 5 heteroatoms. The Morgan fingerprint density at radius 1 is 1.40 bits per heavy atom. The van der Waals surface area contributed by atoms with E-state index < -0.39 is 0 Å². The first-order valence-electron chi connectivity index (χ1n) is 5.19. The summed E-state index contributed by atoms with van der Waals surface area (Å²) in [5.74, 6) is 1.53. The molecule has 0 fully saturated rings. The van der Waals surface area contributed by atoms with Crippen LogP contribution in [0.25, 0.3) is 0 Å². The standard InChI is InChI=1S/C10H18N4O/c1-3-8(2)14-10-6-9(11-4-5-15)12-7-13-10/h6-8,15H,3-5H2,1-2H3,(H2,11,12,13,14). The summed E-state index contributed by atoms with van der Waals surface area (Å²) in [6.45, 7) is 4.81. The molecule has 1 heterocycles. The number of hydrogen-bond acceptors (Lipinski definition) is 5. The summed E-state index contributed by atoms with van der Waals surface area (Å²) in [6.07, 6.45) is 2.55. The van der Waals surface area contributed by atoms with Gasteiger partial charge in [-0.15, -0.1) is 0 Å². The van der Waals surface area contributed by atoms with E-state index in [0.29, 0.717) is 12.6 Å². The van der Waals surface area contributed by atoms with Gasteiger partial charge in [0, 0.05) is 18.7 Å². The van der Waals surface area contributed by atoms with Crippen molar-refractivity contribution in [1.82, 2.24) is 9.97 Å². The molecule has 15 heavy (non-hydrogen) atoms. The average Bonchev–Trinajstić information content (AvgIpc) is 2.26. The van der Waals surface area contributed by atoms with Crippen molar-refractivity contribution in [1.29, 1.82) is 0 Å². The van der Waals surface area contributed by atoms with E-state index in [4.69, 9.17) is 5.11 Å². The van der Waals surface area contributed by atoms with Crippen LogP contribution in [0.3, 0.4) is 0 Å². The maximum atomic E-state index is 8.66. The van der Waals surface area contributed by atoms with Crippen molar-refractivity contribution in [3.63, 3.8) is 0 Å². The molecule has 0 radical (unpaired) electrons. The number of hydrogen-bond donors (Lipinski definition) is 3. The summed E-state index contributed by atoms with van der Waals surface area (Å²) in [5.41, 5.74) is 0. The molecule has 0 saturated heterocycles. The van der Waals surface area contributed by atoms with E-state index in [-0.39, 0.29) is 6.61 Å². The quantitative estimate of drug-likeness (QED) is 0.655. The predicted octanol–water partition coefficient (Wildman–Crippen LogP) is 1.09. The van der Waals surface area contributed by atoms with Gasteiger partial charge in [-0.25, -0.2) is 9.97 Å². The van der Waals surface area contributed by atoms with Crippen LogP contribution in [0.1, 0.15) is 20.3 Å². The van der Waals surface area contributed by atoms with Crippen molar-refractivity contribution in [3.05, 3.63) is 12.4 Å². The molecule has 0 aromatic carbocycles. The number of nitrogens with zero attached hydrogens (tertiary/aromatic N) is 2. The smallest absolute Gasteiger partial charge is 0.131 e. The van der Waals surface area contributed by atoms with E-state index in [1.165, 1.54) is 6.33 Å². The Hall–Kier alpha value is -1.36. The predicted molar refractivity (Wildman–Crippen MR) is 61.0 cm³/mol. The minimum absolute atomic E-state index is 0.0954. The molecule has 84 valence electrons. The molecule has 1 rings (SSSR count). The Kier molecular flexibility index (Phi) is 4.83.